The van der Waals surface area contributed by atoms with Crippen LogP contribution in [0.5, 0.6) is 11.8 Å². The Kier molecular flexibility index (Phi) is 17.0. The zero-order chi connectivity index (χ0) is 68.1. The van der Waals surface area contributed by atoms with Gasteiger partial charge in [0.25, 0.3) is 11.8 Å². The van der Waals surface area contributed by atoms with Crippen molar-refractivity contribution in [1.29, 1.82) is 0 Å². The van der Waals surface area contributed by atoms with Crippen LogP contribution in [-0.2, 0) is 68.5 Å². The SMILES string of the molecule is Brc1cnc2c(c1)-c1nc3c(n1CO2)CCCC3.CNC(=O)c1c(-c2ccc(F)cc2)oc2cc(N(C)S(C)(=O)=O)c(-c3cnc4c(c3)-c3nc5c(n3CO4)CCCC5)cc12.CNC(=O)c1c(-c2ccc(F)cc2)oc2cc(N(C)S(C)(=O)=O)c(B3OC(C)(C)C(C)(C)O3)cc12. The molecule has 0 spiro atoms. The van der Waals surface area contributed by atoms with Crippen molar-refractivity contribution in [3.8, 4) is 68.3 Å². The first kappa shape index (κ1) is 65.7. The van der Waals surface area contributed by atoms with Crippen molar-refractivity contribution >= 4 is 93.7 Å². The maximum Gasteiger partial charge on any atom is 0.497 e. The molecule has 0 saturated carbocycles. The second-order valence-corrected chi connectivity index (χ2v) is 30.1. The van der Waals surface area contributed by atoms with Crippen LogP contribution in [0, 0.1) is 11.6 Å². The smallest absolute Gasteiger partial charge is 0.455 e. The molecule has 0 bridgehead atoms. The van der Waals surface area contributed by atoms with Gasteiger partial charge >= 0.3 is 7.12 Å². The zero-order valence-corrected chi connectivity index (χ0v) is 57.5. The average molecular weight is 1410 g/mol. The fraction of sp³-hybridized carbons (Fsp3) is 0.324. The number of aromatic nitrogens is 6. The summed E-state index contributed by atoms with van der Waals surface area (Å²) >= 11 is 3.46. The topological polar surface area (TPSA) is 258 Å². The molecule has 1 saturated heterocycles. The molecule has 4 aromatic carbocycles. The molecule has 498 valence electrons. The molecule has 1 fully saturated rings. The number of carbonyl (C=O) groups excluding carboxylic acids is 2. The average Bonchev–Trinajstić information content (AvgIpc) is 1.55. The largest absolute Gasteiger partial charge is 0.497 e. The van der Waals surface area contributed by atoms with E-state index in [0.717, 1.165) is 87.0 Å². The number of benzene rings is 4. The van der Waals surface area contributed by atoms with E-state index in [1.165, 1.54) is 107 Å². The van der Waals surface area contributed by atoms with Crippen LogP contribution < -0.4 is 34.2 Å². The van der Waals surface area contributed by atoms with Crippen molar-refractivity contribution in [3.63, 3.8) is 0 Å². The number of carbonyl (C=O) groups is 2. The molecular formula is C68H68BBrF2N10O12S2. The number of hydrogen-bond acceptors (Lipinski definition) is 16. The minimum absolute atomic E-state index is 0.235. The number of furan rings is 2. The molecule has 3 aliphatic heterocycles. The number of imidazole rings is 2. The summed E-state index contributed by atoms with van der Waals surface area (Å²) in [5.74, 6) is 1.73. The molecule has 2 amide bonds. The number of fused-ring (bicyclic) bond motifs is 12. The second-order valence-electron chi connectivity index (χ2n) is 25.2. The van der Waals surface area contributed by atoms with Crippen LogP contribution in [0.4, 0.5) is 20.2 Å². The van der Waals surface area contributed by atoms with Crippen LogP contribution in [0.1, 0.15) is 96.9 Å². The summed E-state index contributed by atoms with van der Waals surface area (Å²) in [6.45, 7) is 8.46. The number of halogens is 3. The fourth-order valence-corrected chi connectivity index (χ4v) is 13.9. The van der Waals surface area contributed by atoms with Gasteiger partial charge in [-0.15, -0.1) is 0 Å². The van der Waals surface area contributed by atoms with Gasteiger partial charge in [0, 0.05) is 107 Å². The summed E-state index contributed by atoms with van der Waals surface area (Å²) in [4.78, 5) is 44.8. The highest BCUT2D eigenvalue weighted by Crippen LogP contribution is 2.46. The normalized spacial score (nSPS) is 15.6. The number of ether oxygens (including phenoxy) is 2. The highest BCUT2D eigenvalue weighted by atomic mass is 79.9. The molecular weight excluding hydrogens is 1340 g/mol. The maximum atomic E-state index is 13.7. The van der Waals surface area contributed by atoms with E-state index in [2.05, 4.69) is 45.7 Å². The minimum Gasteiger partial charge on any atom is -0.455 e. The van der Waals surface area contributed by atoms with Crippen LogP contribution in [0.25, 0.3) is 78.5 Å². The molecule has 5 aliphatic rings. The summed E-state index contributed by atoms with van der Waals surface area (Å²) in [6.07, 6.45) is 14.3. The number of rotatable bonds is 10. The lowest BCUT2D eigenvalue weighted by molar-refractivity contribution is 0.00578. The molecule has 96 heavy (non-hydrogen) atoms. The lowest BCUT2D eigenvalue weighted by Crippen LogP contribution is -2.41. The molecule has 28 heteroatoms. The Morgan fingerprint density at radius 2 is 1.02 bits per heavy atom. The van der Waals surface area contributed by atoms with E-state index in [-0.39, 0.29) is 28.2 Å². The molecule has 0 radical (unpaired) electrons. The molecule has 0 unspecified atom stereocenters. The predicted molar refractivity (Wildman–Crippen MR) is 364 cm³/mol. The fourth-order valence-electron chi connectivity index (χ4n) is 12.6. The molecule has 10 aromatic rings. The summed E-state index contributed by atoms with van der Waals surface area (Å²) in [6, 6.07) is 21.7. The van der Waals surface area contributed by atoms with Gasteiger partial charge in [0.05, 0.1) is 68.7 Å². The number of sulfonamides is 2. The zero-order valence-electron chi connectivity index (χ0n) is 54.3. The number of aryl methyl sites for hydroxylation is 2. The van der Waals surface area contributed by atoms with Crippen molar-refractivity contribution in [2.75, 3.05) is 49.3 Å². The van der Waals surface area contributed by atoms with Crippen molar-refractivity contribution in [1.82, 2.24) is 39.7 Å². The van der Waals surface area contributed by atoms with Gasteiger partial charge in [-0.1, -0.05) is 0 Å². The van der Waals surface area contributed by atoms with Gasteiger partial charge in [-0.05, 0) is 168 Å². The number of nitrogens with one attached hydrogen (secondary N) is 2. The van der Waals surface area contributed by atoms with E-state index in [4.69, 9.17) is 37.6 Å². The summed E-state index contributed by atoms with van der Waals surface area (Å²) < 4.78 is 122. The quantitative estimate of drug-likeness (QED) is 0.121. The standard InChI is InChI=1S/C31H28FN5O5S.C24H28BFN2O6S.C13H12BrN3O/c1-33-30(38)27-21-13-20(18-12-22-29-35-23-6-4-5-7-24(23)37(29)16-41-31(22)34-15-18)25(36(2)43(3,39)40)14-26(21)42-28(27)17-8-10-19(32)11-9-17;1-23(2)24(3,4)34-25(33-23)17-12-16-19(13-18(17)28(6)35(7,30)31)32-21(20(16)22(29)27-5)14-8-10-15(26)11-9-14;14-8-5-9-12-16-10-3-1-2-4-11(10)17(12)7-18-13(9)15-6-8/h8-15H,4-7,16H2,1-3H3,(H,33,38);8-13H,1-7H3,(H,27,29);5-6H,1-4,7H2. The van der Waals surface area contributed by atoms with E-state index < -0.39 is 61.8 Å². The lowest BCUT2D eigenvalue weighted by Gasteiger charge is -2.32. The van der Waals surface area contributed by atoms with Crippen molar-refractivity contribution in [2.45, 2.75) is 104 Å². The van der Waals surface area contributed by atoms with E-state index in [9.17, 15) is 35.2 Å². The third-order valence-corrected chi connectivity index (χ3v) is 21.3. The first-order chi connectivity index (χ1) is 45.6. The third-order valence-electron chi connectivity index (χ3n) is 18.5. The maximum absolute atomic E-state index is 13.7. The van der Waals surface area contributed by atoms with Gasteiger partial charge in [-0.3, -0.25) is 27.3 Å². The molecule has 22 nitrogen and oxygen atoms in total. The molecule has 9 heterocycles. The Balaban J connectivity index is 0.000000140. The number of pyridine rings is 2. The van der Waals surface area contributed by atoms with Crippen molar-refractivity contribution in [2.24, 2.45) is 0 Å². The highest BCUT2D eigenvalue weighted by Gasteiger charge is 2.53. The molecule has 2 aliphatic carbocycles. The molecule has 15 rings (SSSR count). The highest BCUT2D eigenvalue weighted by molar-refractivity contribution is 9.10. The Labute approximate surface area is 561 Å². The second kappa shape index (κ2) is 24.9. The predicted octanol–water partition coefficient (Wildman–Crippen LogP) is 11.4. The van der Waals surface area contributed by atoms with Gasteiger partial charge in [-0.2, -0.15) is 0 Å². The van der Waals surface area contributed by atoms with Gasteiger partial charge in [0.2, 0.25) is 31.8 Å². The van der Waals surface area contributed by atoms with Crippen molar-refractivity contribution < 1.29 is 62.8 Å². The molecule has 6 aromatic heterocycles. The summed E-state index contributed by atoms with van der Waals surface area (Å²) in [5, 5.41) is 6.18. The molecule has 2 N–H and O–H groups in total. The van der Waals surface area contributed by atoms with E-state index in [1.807, 2.05) is 39.8 Å². The number of anilines is 2. The van der Waals surface area contributed by atoms with Gasteiger partial charge in [0.1, 0.15) is 46.0 Å². The number of nitrogens with zero attached hydrogens (tertiary/aromatic N) is 8. The summed E-state index contributed by atoms with van der Waals surface area (Å²) in [5.41, 5.74) is 9.43. The Morgan fingerprint density at radius 1 is 0.583 bits per heavy atom. The Bertz CT molecular complexity index is 5020. The third kappa shape index (κ3) is 12.0. The van der Waals surface area contributed by atoms with Gasteiger partial charge in [-0.25, -0.2) is 45.6 Å². The lowest BCUT2D eigenvalue weighted by atomic mass is 9.77. The monoisotopic (exact) mass is 1410 g/mol. The van der Waals surface area contributed by atoms with E-state index in [1.54, 1.807) is 36.7 Å². The van der Waals surface area contributed by atoms with Gasteiger partial charge in [0.15, 0.2) is 13.5 Å². The Hall–Kier alpha value is -8.96. The van der Waals surface area contributed by atoms with Crippen LogP contribution >= 0.6 is 15.9 Å². The summed E-state index contributed by atoms with van der Waals surface area (Å²) in [7, 11) is -2.36. The number of hydrogen-bond donors (Lipinski definition) is 2. The van der Waals surface area contributed by atoms with Gasteiger partial charge < -0.3 is 38.3 Å². The first-order valence-corrected chi connectivity index (χ1v) is 35.6. The number of amides is 2. The van der Waals surface area contributed by atoms with E-state index in [0.29, 0.717) is 86.2 Å². The van der Waals surface area contributed by atoms with E-state index >= 15 is 0 Å². The Morgan fingerprint density at radius 3 is 1.50 bits per heavy atom. The van der Waals surface area contributed by atoms with Crippen molar-refractivity contribution in [3.05, 3.63) is 147 Å². The minimum atomic E-state index is -3.70. The first-order valence-electron chi connectivity index (χ1n) is 31.1. The van der Waals surface area contributed by atoms with Crippen LogP contribution in [0.2, 0.25) is 0 Å². The molecule has 0 atom stereocenters. The van der Waals surface area contributed by atoms with Crippen LogP contribution in [-0.4, -0.2) is 117 Å². The van der Waals surface area contributed by atoms with Crippen LogP contribution in [0.15, 0.2) is 111 Å². The van der Waals surface area contributed by atoms with Crippen LogP contribution in [0.3, 0.4) is 0 Å².